The number of nitrogen functional groups attached to an aromatic ring is 1. The molecule has 11 heteroatoms. The summed E-state index contributed by atoms with van der Waals surface area (Å²) in [7, 11) is 3.59. The molecule has 6 aromatic heterocycles. The molecule has 0 saturated heterocycles. The summed E-state index contributed by atoms with van der Waals surface area (Å²) in [5.74, 6) is 0.416. The van der Waals surface area contributed by atoms with Gasteiger partial charge in [-0.1, -0.05) is 6.92 Å². The fraction of sp³-hybridized carbons (Fsp3) is 0.267. The van der Waals surface area contributed by atoms with Crippen LogP contribution in [0, 0.1) is 0 Å². The number of methoxy groups -OCH3 is 1. The van der Waals surface area contributed by atoms with Gasteiger partial charge in [0.05, 0.1) is 40.8 Å². The van der Waals surface area contributed by atoms with Gasteiger partial charge in [0.1, 0.15) is 17.7 Å². The van der Waals surface area contributed by atoms with E-state index >= 15 is 0 Å². The summed E-state index contributed by atoms with van der Waals surface area (Å²) in [6.07, 6.45) is 13.5. The van der Waals surface area contributed by atoms with Crippen LogP contribution in [0.25, 0.3) is 39.0 Å². The Hall–Kier alpha value is -4.90. The van der Waals surface area contributed by atoms with Crippen LogP contribution in [0.15, 0.2) is 61.6 Å². The Morgan fingerprint density at radius 3 is 2.66 bits per heavy atom. The zero-order valence-electron chi connectivity index (χ0n) is 23.4. The van der Waals surface area contributed by atoms with Gasteiger partial charge in [-0.3, -0.25) is 24.2 Å². The Morgan fingerprint density at radius 2 is 1.88 bits per heavy atom. The first kappa shape index (κ1) is 26.3. The summed E-state index contributed by atoms with van der Waals surface area (Å²) in [5, 5.41) is 8.78. The summed E-state index contributed by atoms with van der Waals surface area (Å²) in [5.41, 5.74) is 15.6. The van der Waals surface area contributed by atoms with Crippen molar-refractivity contribution in [2.45, 2.75) is 26.2 Å². The molecule has 0 saturated carbocycles. The van der Waals surface area contributed by atoms with Crippen LogP contribution in [-0.4, -0.2) is 59.5 Å². The van der Waals surface area contributed by atoms with Gasteiger partial charge in [0, 0.05) is 56.7 Å². The third kappa shape index (κ3) is 5.31. The Labute approximate surface area is 237 Å². The van der Waals surface area contributed by atoms with Crippen molar-refractivity contribution >= 4 is 33.6 Å². The lowest BCUT2D eigenvalue weighted by Gasteiger charge is -2.12. The van der Waals surface area contributed by atoms with E-state index < -0.39 is 0 Å². The van der Waals surface area contributed by atoms with Gasteiger partial charge in [-0.25, -0.2) is 9.97 Å². The molecule has 41 heavy (non-hydrogen) atoms. The number of anilines is 2. The number of nitrogens with zero attached hydrogens (tertiary/aromatic N) is 8. The zero-order chi connectivity index (χ0) is 28.3. The standard InChI is InChI=1S/C30H32N10O/c1-4-21-13-25(33-8-10-41-3)28-26(37-21)12-20(15-34-28)6-5-19-11-22(16-32-14-19)40-17-23(24-7-9-39(2)38-24)27-29(31)35-18-36-30(27)40/h7,9,11-18H,4-6,8,10H2,1-3H3,(H,33,37)(H2,31,35,36). The number of hydrogen-bond acceptors (Lipinski definition) is 9. The summed E-state index contributed by atoms with van der Waals surface area (Å²) in [4.78, 5) is 22.9. The van der Waals surface area contributed by atoms with E-state index in [0.29, 0.717) is 24.6 Å². The lowest BCUT2D eigenvalue weighted by Crippen LogP contribution is -2.09. The fourth-order valence-electron chi connectivity index (χ4n) is 5.02. The molecule has 3 N–H and O–H groups in total. The summed E-state index contributed by atoms with van der Waals surface area (Å²) in [6.45, 7) is 3.45. The maximum Gasteiger partial charge on any atom is 0.150 e. The summed E-state index contributed by atoms with van der Waals surface area (Å²) in [6, 6.07) is 8.30. The highest BCUT2D eigenvalue weighted by Gasteiger charge is 2.18. The fourth-order valence-corrected chi connectivity index (χ4v) is 5.02. The first-order valence-corrected chi connectivity index (χ1v) is 13.6. The van der Waals surface area contributed by atoms with E-state index in [2.05, 4.69) is 50.5 Å². The smallest absolute Gasteiger partial charge is 0.150 e. The second kappa shape index (κ2) is 11.3. The van der Waals surface area contributed by atoms with Crippen molar-refractivity contribution in [3.05, 3.63) is 78.4 Å². The van der Waals surface area contributed by atoms with E-state index in [1.807, 2.05) is 48.7 Å². The van der Waals surface area contributed by atoms with Crippen molar-refractivity contribution in [2.75, 3.05) is 31.3 Å². The van der Waals surface area contributed by atoms with Crippen LogP contribution in [0.4, 0.5) is 11.5 Å². The van der Waals surface area contributed by atoms with Crippen molar-refractivity contribution in [3.8, 4) is 16.9 Å². The van der Waals surface area contributed by atoms with E-state index in [9.17, 15) is 0 Å². The van der Waals surface area contributed by atoms with Crippen molar-refractivity contribution in [3.63, 3.8) is 0 Å². The quantitative estimate of drug-likeness (QED) is 0.242. The Morgan fingerprint density at radius 1 is 1.02 bits per heavy atom. The highest BCUT2D eigenvalue weighted by molar-refractivity contribution is 6.00. The van der Waals surface area contributed by atoms with Crippen molar-refractivity contribution < 1.29 is 4.74 Å². The zero-order valence-corrected chi connectivity index (χ0v) is 23.4. The molecule has 208 valence electrons. The van der Waals surface area contributed by atoms with Crippen LogP contribution in [-0.2, 0) is 31.0 Å². The van der Waals surface area contributed by atoms with Gasteiger partial charge >= 0.3 is 0 Å². The van der Waals surface area contributed by atoms with Crippen LogP contribution in [0.5, 0.6) is 0 Å². The van der Waals surface area contributed by atoms with Gasteiger partial charge in [0.2, 0.25) is 0 Å². The predicted molar refractivity (Wildman–Crippen MR) is 160 cm³/mol. The SMILES string of the molecule is CCc1cc(NCCOC)c2ncc(CCc3cncc(-n4cc(-c5ccn(C)n5)c5c(N)ncnc54)c3)cc2n1. The first-order valence-electron chi connectivity index (χ1n) is 13.6. The maximum absolute atomic E-state index is 6.30. The molecule has 6 aromatic rings. The van der Waals surface area contributed by atoms with Crippen LogP contribution in [0.2, 0.25) is 0 Å². The molecule has 0 fully saturated rings. The van der Waals surface area contributed by atoms with Crippen LogP contribution in [0.3, 0.4) is 0 Å². The number of fused-ring (bicyclic) bond motifs is 2. The number of aromatic nitrogens is 8. The predicted octanol–water partition coefficient (Wildman–Crippen LogP) is 4.15. The average Bonchev–Trinajstić information content (AvgIpc) is 3.60. The molecular formula is C30H32N10O. The van der Waals surface area contributed by atoms with Gasteiger partial charge in [-0.05, 0) is 54.7 Å². The number of aryl methyl sites for hydroxylation is 4. The Kier molecular flexibility index (Phi) is 7.26. The molecule has 0 aliphatic rings. The van der Waals surface area contributed by atoms with Crippen LogP contribution >= 0.6 is 0 Å². The first-order chi connectivity index (χ1) is 20.0. The lowest BCUT2D eigenvalue weighted by atomic mass is 10.1. The molecule has 0 atom stereocenters. The highest BCUT2D eigenvalue weighted by atomic mass is 16.5. The Balaban J connectivity index is 1.28. The second-order valence-electron chi connectivity index (χ2n) is 9.94. The largest absolute Gasteiger partial charge is 0.383 e. The molecule has 0 radical (unpaired) electrons. The van der Waals surface area contributed by atoms with E-state index in [4.69, 9.17) is 20.4 Å². The number of hydrogen-bond donors (Lipinski definition) is 2. The molecule has 6 rings (SSSR count). The number of ether oxygens (including phenoxy) is 1. The number of rotatable bonds is 10. The molecule has 6 heterocycles. The van der Waals surface area contributed by atoms with Crippen molar-refractivity contribution in [2.24, 2.45) is 7.05 Å². The third-order valence-electron chi connectivity index (χ3n) is 7.10. The molecule has 0 aliphatic heterocycles. The lowest BCUT2D eigenvalue weighted by molar-refractivity contribution is 0.211. The average molecular weight is 549 g/mol. The van der Waals surface area contributed by atoms with Gasteiger partial charge in [-0.15, -0.1) is 0 Å². The number of nitrogens with two attached hydrogens (primary N) is 1. The van der Waals surface area contributed by atoms with Gasteiger partial charge in [0.25, 0.3) is 0 Å². The Bertz CT molecular complexity index is 1840. The summed E-state index contributed by atoms with van der Waals surface area (Å²) < 4.78 is 8.95. The van der Waals surface area contributed by atoms with Crippen molar-refractivity contribution in [1.82, 2.24) is 39.3 Å². The minimum atomic E-state index is 0.416. The van der Waals surface area contributed by atoms with E-state index in [1.165, 1.54) is 6.33 Å². The summed E-state index contributed by atoms with van der Waals surface area (Å²) >= 11 is 0. The minimum absolute atomic E-state index is 0.416. The number of nitrogens with one attached hydrogen (secondary N) is 1. The third-order valence-corrected chi connectivity index (χ3v) is 7.10. The molecule has 0 bridgehead atoms. The highest BCUT2D eigenvalue weighted by Crippen LogP contribution is 2.33. The van der Waals surface area contributed by atoms with Gasteiger partial charge in [0.15, 0.2) is 5.65 Å². The molecule has 0 aromatic carbocycles. The maximum atomic E-state index is 6.30. The van der Waals surface area contributed by atoms with E-state index in [-0.39, 0.29) is 0 Å². The number of pyridine rings is 3. The van der Waals surface area contributed by atoms with Crippen molar-refractivity contribution in [1.29, 1.82) is 0 Å². The topological polar surface area (TPSA) is 134 Å². The van der Waals surface area contributed by atoms with E-state index in [1.54, 1.807) is 11.8 Å². The van der Waals surface area contributed by atoms with Gasteiger partial charge in [-0.2, -0.15) is 5.10 Å². The second-order valence-corrected chi connectivity index (χ2v) is 9.94. The van der Waals surface area contributed by atoms with Crippen LogP contribution < -0.4 is 11.1 Å². The minimum Gasteiger partial charge on any atom is -0.383 e. The van der Waals surface area contributed by atoms with Gasteiger partial charge < -0.3 is 15.8 Å². The molecular weight excluding hydrogens is 516 g/mol. The monoisotopic (exact) mass is 548 g/mol. The molecule has 0 spiro atoms. The van der Waals surface area contributed by atoms with Crippen LogP contribution in [0.1, 0.15) is 23.7 Å². The molecule has 0 amide bonds. The normalized spacial score (nSPS) is 11.5. The van der Waals surface area contributed by atoms with E-state index in [0.717, 1.165) is 75.1 Å². The molecule has 0 unspecified atom stereocenters. The molecule has 0 aliphatic carbocycles. The molecule has 11 nitrogen and oxygen atoms in total.